The Balaban J connectivity index is 1.92. The highest BCUT2D eigenvalue weighted by Crippen LogP contribution is 2.42. The first-order chi connectivity index (χ1) is 9.56. The van der Waals surface area contributed by atoms with Crippen molar-refractivity contribution in [2.45, 2.75) is 38.1 Å². The lowest BCUT2D eigenvalue weighted by molar-refractivity contribution is 0.406. The first-order valence-electron chi connectivity index (χ1n) is 7.18. The van der Waals surface area contributed by atoms with E-state index in [9.17, 15) is 0 Å². The Morgan fingerprint density at radius 1 is 1.10 bits per heavy atom. The molecule has 1 unspecified atom stereocenters. The minimum Gasteiger partial charge on any atom is -0.378 e. The van der Waals surface area contributed by atoms with Crippen LogP contribution in [0.3, 0.4) is 0 Å². The number of hydrogen-bond donors (Lipinski definition) is 1. The van der Waals surface area contributed by atoms with E-state index in [0.717, 1.165) is 0 Å². The molecule has 0 heterocycles. The fourth-order valence-corrected chi connectivity index (χ4v) is 3.69. The summed E-state index contributed by atoms with van der Waals surface area (Å²) in [4.78, 5) is 0. The molecule has 1 aliphatic carbocycles. The first-order valence-corrected chi connectivity index (χ1v) is 8.26. The van der Waals surface area contributed by atoms with Gasteiger partial charge >= 0.3 is 0 Å². The molecular formula is C18H20IN. The lowest BCUT2D eigenvalue weighted by Gasteiger charge is -2.37. The summed E-state index contributed by atoms with van der Waals surface area (Å²) in [5.41, 5.74) is 4.47. The molecule has 1 aliphatic rings. The summed E-state index contributed by atoms with van der Waals surface area (Å²) in [7, 11) is 0. The van der Waals surface area contributed by atoms with Crippen LogP contribution < -0.4 is 5.32 Å². The van der Waals surface area contributed by atoms with Crippen LogP contribution in [0.5, 0.6) is 0 Å². The third kappa shape index (κ3) is 2.71. The van der Waals surface area contributed by atoms with Crippen LogP contribution in [0.1, 0.15) is 43.9 Å². The minimum absolute atomic E-state index is 0.292. The SMILES string of the molecule is CC1(C)CCC(Nc2cccc(I)c2)c2ccccc21. The van der Waals surface area contributed by atoms with Crippen molar-refractivity contribution in [2.24, 2.45) is 0 Å². The normalized spacial score (nSPS) is 20.2. The summed E-state index contributed by atoms with van der Waals surface area (Å²) in [6.07, 6.45) is 2.42. The number of hydrogen-bond acceptors (Lipinski definition) is 1. The summed E-state index contributed by atoms with van der Waals surface area (Å²) in [5.74, 6) is 0. The third-order valence-corrected chi connectivity index (χ3v) is 4.96. The quantitative estimate of drug-likeness (QED) is 0.680. The maximum absolute atomic E-state index is 3.71. The summed E-state index contributed by atoms with van der Waals surface area (Å²) in [6.45, 7) is 4.71. The van der Waals surface area contributed by atoms with Gasteiger partial charge in [-0.3, -0.25) is 0 Å². The van der Waals surface area contributed by atoms with Crippen LogP contribution >= 0.6 is 22.6 Å². The average Bonchev–Trinajstić information content (AvgIpc) is 2.43. The van der Waals surface area contributed by atoms with Gasteiger partial charge in [0.15, 0.2) is 0 Å². The molecule has 1 atom stereocenters. The van der Waals surface area contributed by atoms with Crippen molar-refractivity contribution < 1.29 is 0 Å². The van der Waals surface area contributed by atoms with Crippen LogP contribution in [0.15, 0.2) is 48.5 Å². The van der Waals surface area contributed by atoms with E-state index in [1.807, 2.05) is 0 Å². The van der Waals surface area contributed by atoms with Gasteiger partial charge in [0.1, 0.15) is 0 Å². The number of rotatable bonds is 2. The maximum atomic E-state index is 3.71. The molecule has 1 N–H and O–H groups in total. The number of nitrogens with one attached hydrogen (secondary N) is 1. The van der Waals surface area contributed by atoms with Crippen LogP contribution in [0.2, 0.25) is 0 Å². The molecule has 20 heavy (non-hydrogen) atoms. The van der Waals surface area contributed by atoms with E-state index in [0.29, 0.717) is 11.5 Å². The lowest BCUT2D eigenvalue weighted by atomic mass is 9.71. The molecule has 2 heteroatoms. The van der Waals surface area contributed by atoms with E-state index in [4.69, 9.17) is 0 Å². The van der Waals surface area contributed by atoms with Gasteiger partial charge in [-0.05, 0) is 70.2 Å². The predicted molar refractivity (Wildman–Crippen MR) is 94.2 cm³/mol. The fraction of sp³-hybridized carbons (Fsp3) is 0.333. The Kier molecular flexibility index (Phi) is 3.76. The zero-order valence-electron chi connectivity index (χ0n) is 12.0. The molecule has 0 radical (unpaired) electrons. The van der Waals surface area contributed by atoms with E-state index in [1.54, 1.807) is 0 Å². The number of halogens is 1. The maximum Gasteiger partial charge on any atom is 0.0517 e. The van der Waals surface area contributed by atoms with E-state index in [1.165, 1.54) is 33.2 Å². The van der Waals surface area contributed by atoms with Crippen molar-refractivity contribution in [3.63, 3.8) is 0 Å². The Labute approximate surface area is 134 Å². The van der Waals surface area contributed by atoms with Gasteiger partial charge in [-0.2, -0.15) is 0 Å². The molecule has 2 aromatic rings. The van der Waals surface area contributed by atoms with Gasteiger partial charge < -0.3 is 5.32 Å². The van der Waals surface area contributed by atoms with Crippen LogP contribution in [-0.2, 0) is 5.41 Å². The molecule has 3 rings (SSSR count). The zero-order valence-corrected chi connectivity index (χ0v) is 14.1. The highest BCUT2D eigenvalue weighted by molar-refractivity contribution is 14.1. The van der Waals surface area contributed by atoms with Gasteiger partial charge in [-0.15, -0.1) is 0 Å². The average molecular weight is 377 g/mol. The molecule has 2 aromatic carbocycles. The standard InChI is InChI=1S/C18H20IN/c1-18(2)11-10-17(15-8-3-4-9-16(15)18)20-14-7-5-6-13(19)12-14/h3-9,12,17,20H,10-11H2,1-2H3. The number of anilines is 1. The first kappa shape index (κ1) is 13.9. The van der Waals surface area contributed by atoms with Gasteiger partial charge in [0.2, 0.25) is 0 Å². The molecule has 104 valence electrons. The number of fused-ring (bicyclic) bond motifs is 1. The third-order valence-electron chi connectivity index (χ3n) is 4.29. The Morgan fingerprint density at radius 2 is 1.90 bits per heavy atom. The highest BCUT2D eigenvalue weighted by Gasteiger charge is 2.32. The van der Waals surface area contributed by atoms with Gasteiger partial charge in [0.25, 0.3) is 0 Å². The van der Waals surface area contributed by atoms with Crippen LogP contribution in [0.25, 0.3) is 0 Å². The van der Waals surface area contributed by atoms with E-state index >= 15 is 0 Å². The van der Waals surface area contributed by atoms with E-state index in [2.05, 4.69) is 90.3 Å². The molecule has 0 saturated heterocycles. The summed E-state index contributed by atoms with van der Waals surface area (Å²) >= 11 is 2.37. The number of benzene rings is 2. The predicted octanol–water partition coefficient (Wildman–Crippen LogP) is 5.52. The molecule has 0 spiro atoms. The molecule has 0 saturated carbocycles. The van der Waals surface area contributed by atoms with Crippen molar-refractivity contribution >= 4 is 28.3 Å². The van der Waals surface area contributed by atoms with Gasteiger partial charge in [0, 0.05) is 9.26 Å². The molecule has 0 bridgehead atoms. The Morgan fingerprint density at radius 3 is 2.70 bits per heavy atom. The molecular weight excluding hydrogens is 357 g/mol. The van der Waals surface area contributed by atoms with Crippen LogP contribution in [0, 0.1) is 3.57 Å². The highest BCUT2D eigenvalue weighted by atomic mass is 127. The van der Waals surface area contributed by atoms with Crippen LogP contribution in [0.4, 0.5) is 5.69 Å². The topological polar surface area (TPSA) is 12.0 Å². The van der Waals surface area contributed by atoms with Crippen molar-refractivity contribution in [3.05, 3.63) is 63.2 Å². The van der Waals surface area contributed by atoms with Crippen molar-refractivity contribution in [1.29, 1.82) is 0 Å². The molecule has 1 nitrogen and oxygen atoms in total. The van der Waals surface area contributed by atoms with Gasteiger partial charge in [-0.25, -0.2) is 0 Å². The second-order valence-corrected chi connectivity index (χ2v) is 7.46. The van der Waals surface area contributed by atoms with Gasteiger partial charge in [0.05, 0.1) is 6.04 Å². The van der Waals surface area contributed by atoms with Crippen LogP contribution in [-0.4, -0.2) is 0 Å². The summed E-state index contributed by atoms with van der Waals surface area (Å²) in [5, 5.41) is 3.71. The summed E-state index contributed by atoms with van der Waals surface area (Å²) < 4.78 is 1.28. The van der Waals surface area contributed by atoms with E-state index < -0.39 is 0 Å². The summed E-state index contributed by atoms with van der Waals surface area (Å²) in [6, 6.07) is 17.9. The Bertz CT molecular complexity index is 618. The lowest BCUT2D eigenvalue weighted by Crippen LogP contribution is -2.29. The monoisotopic (exact) mass is 377 g/mol. The Hall–Kier alpha value is -1.03. The second-order valence-electron chi connectivity index (χ2n) is 6.22. The fourth-order valence-electron chi connectivity index (χ4n) is 3.14. The second kappa shape index (κ2) is 5.40. The smallest absolute Gasteiger partial charge is 0.0517 e. The minimum atomic E-state index is 0.292. The molecule has 0 aliphatic heterocycles. The molecule has 0 fully saturated rings. The van der Waals surface area contributed by atoms with Crippen molar-refractivity contribution in [1.82, 2.24) is 0 Å². The molecule has 0 aromatic heterocycles. The van der Waals surface area contributed by atoms with Gasteiger partial charge in [-0.1, -0.05) is 44.2 Å². The zero-order chi connectivity index (χ0) is 14.2. The van der Waals surface area contributed by atoms with Crippen molar-refractivity contribution in [3.8, 4) is 0 Å². The largest absolute Gasteiger partial charge is 0.378 e. The van der Waals surface area contributed by atoms with Crippen molar-refractivity contribution in [2.75, 3.05) is 5.32 Å². The molecule has 0 amide bonds. The van der Waals surface area contributed by atoms with E-state index in [-0.39, 0.29) is 0 Å².